The van der Waals surface area contributed by atoms with E-state index in [-0.39, 0.29) is 6.03 Å². The Kier molecular flexibility index (Phi) is 3.52. The van der Waals surface area contributed by atoms with Crippen LogP contribution in [-0.4, -0.2) is 26.7 Å². The first kappa shape index (κ1) is 11.8. The SMILES string of the molecule is CNC(=O)NC[C@@H]1C[C@H]1c1cccc(OC)c1. The fraction of sp³-hybridized carbons (Fsp3) is 0.462. The van der Waals surface area contributed by atoms with Crippen LogP contribution in [0.1, 0.15) is 17.9 Å². The molecule has 2 amide bonds. The normalized spacial score (nSPS) is 21.8. The Bertz CT molecular complexity index is 406. The van der Waals surface area contributed by atoms with Crippen LogP contribution in [0.4, 0.5) is 4.79 Å². The van der Waals surface area contributed by atoms with Gasteiger partial charge in [0.2, 0.25) is 0 Å². The topological polar surface area (TPSA) is 50.4 Å². The number of amides is 2. The summed E-state index contributed by atoms with van der Waals surface area (Å²) in [5.74, 6) is 2.01. The van der Waals surface area contributed by atoms with Crippen molar-refractivity contribution < 1.29 is 9.53 Å². The number of nitrogens with one attached hydrogen (secondary N) is 2. The summed E-state index contributed by atoms with van der Waals surface area (Å²) >= 11 is 0. The molecule has 92 valence electrons. The van der Waals surface area contributed by atoms with E-state index in [1.54, 1.807) is 14.2 Å². The first-order valence-electron chi connectivity index (χ1n) is 5.84. The van der Waals surface area contributed by atoms with Gasteiger partial charge in [0.25, 0.3) is 0 Å². The molecule has 1 saturated carbocycles. The molecule has 1 fully saturated rings. The van der Waals surface area contributed by atoms with Crippen LogP contribution in [0.2, 0.25) is 0 Å². The molecule has 0 aromatic heterocycles. The van der Waals surface area contributed by atoms with Gasteiger partial charge in [0.05, 0.1) is 7.11 Å². The molecule has 1 aromatic rings. The fourth-order valence-corrected chi connectivity index (χ4v) is 2.07. The molecule has 2 rings (SSSR count). The molecule has 17 heavy (non-hydrogen) atoms. The molecular formula is C13H18N2O2. The summed E-state index contributed by atoms with van der Waals surface area (Å²) in [5, 5.41) is 5.39. The third kappa shape index (κ3) is 2.90. The number of benzene rings is 1. The quantitative estimate of drug-likeness (QED) is 0.833. The fourth-order valence-electron chi connectivity index (χ4n) is 2.07. The van der Waals surface area contributed by atoms with Crippen molar-refractivity contribution in [2.75, 3.05) is 20.7 Å². The van der Waals surface area contributed by atoms with Crippen molar-refractivity contribution in [3.8, 4) is 5.75 Å². The minimum absolute atomic E-state index is 0.110. The van der Waals surface area contributed by atoms with Crippen molar-refractivity contribution in [1.82, 2.24) is 10.6 Å². The highest BCUT2D eigenvalue weighted by molar-refractivity contribution is 5.73. The predicted molar refractivity (Wildman–Crippen MR) is 66.3 cm³/mol. The van der Waals surface area contributed by atoms with E-state index in [0.29, 0.717) is 11.8 Å². The largest absolute Gasteiger partial charge is 0.497 e. The zero-order chi connectivity index (χ0) is 12.3. The van der Waals surface area contributed by atoms with Crippen LogP contribution in [-0.2, 0) is 0 Å². The Morgan fingerprint density at radius 2 is 2.35 bits per heavy atom. The average Bonchev–Trinajstić information content (AvgIpc) is 3.15. The molecule has 1 aliphatic carbocycles. The van der Waals surface area contributed by atoms with Gasteiger partial charge in [-0.1, -0.05) is 12.1 Å². The Morgan fingerprint density at radius 1 is 1.53 bits per heavy atom. The molecule has 4 heteroatoms. The first-order chi connectivity index (χ1) is 8.24. The van der Waals surface area contributed by atoms with Gasteiger partial charge in [-0.15, -0.1) is 0 Å². The van der Waals surface area contributed by atoms with E-state index in [4.69, 9.17) is 4.74 Å². The summed E-state index contributed by atoms with van der Waals surface area (Å²) in [4.78, 5) is 11.0. The lowest BCUT2D eigenvalue weighted by atomic mass is 10.1. The summed E-state index contributed by atoms with van der Waals surface area (Å²) in [7, 11) is 3.30. The van der Waals surface area contributed by atoms with Gasteiger partial charge in [-0.05, 0) is 36.0 Å². The van der Waals surface area contributed by atoms with Crippen LogP contribution in [0.15, 0.2) is 24.3 Å². The van der Waals surface area contributed by atoms with Crippen LogP contribution in [0.25, 0.3) is 0 Å². The van der Waals surface area contributed by atoms with Crippen LogP contribution < -0.4 is 15.4 Å². The number of urea groups is 1. The van der Waals surface area contributed by atoms with Crippen LogP contribution in [0.5, 0.6) is 5.75 Å². The second-order valence-corrected chi connectivity index (χ2v) is 4.34. The number of hydrogen-bond donors (Lipinski definition) is 2. The number of rotatable bonds is 4. The predicted octanol–water partition coefficient (Wildman–Crippen LogP) is 1.73. The van der Waals surface area contributed by atoms with Gasteiger partial charge in [0, 0.05) is 13.6 Å². The van der Waals surface area contributed by atoms with Crippen molar-refractivity contribution in [2.45, 2.75) is 12.3 Å². The third-order valence-electron chi connectivity index (χ3n) is 3.20. The zero-order valence-electron chi connectivity index (χ0n) is 10.2. The van der Waals surface area contributed by atoms with E-state index in [1.165, 1.54) is 5.56 Å². The molecule has 0 saturated heterocycles. The van der Waals surface area contributed by atoms with E-state index in [2.05, 4.69) is 22.8 Å². The van der Waals surface area contributed by atoms with Gasteiger partial charge in [-0.3, -0.25) is 0 Å². The molecule has 0 radical (unpaired) electrons. The van der Waals surface area contributed by atoms with E-state index >= 15 is 0 Å². The van der Waals surface area contributed by atoms with Crippen LogP contribution in [0, 0.1) is 5.92 Å². The van der Waals surface area contributed by atoms with Gasteiger partial charge in [-0.2, -0.15) is 0 Å². The molecule has 0 heterocycles. The van der Waals surface area contributed by atoms with Crippen LogP contribution >= 0.6 is 0 Å². The lowest BCUT2D eigenvalue weighted by Gasteiger charge is -2.05. The molecule has 2 N–H and O–H groups in total. The smallest absolute Gasteiger partial charge is 0.314 e. The average molecular weight is 234 g/mol. The Hall–Kier alpha value is -1.71. The second kappa shape index (κ2) is 5.08. The highest BCUT2D eigenvalue weighted by Gasteiger charge is 2.38. The van der Waals surface area contributed by atoms with Crippen molar-refractivity contribution in [3.05, 3.63) is 29.8 Å². The monoisotopic (exact) mass is 234 g/mol. The standard InChI is InChI=1S/C13H18N2O2/c1-14-13(16)15-8-10-7-12(10)9-4-3-5-11(6-9)17-2/h3-6,10,12H,7-8H2,1-2H3,(H2,14,15,16)/t10-,12-/m0/s1. The number of carbonyl (C=O) groups excluding carboxylic acids is 1. The summed E-state index contributed by atoms with van der Waals surface area (Å²) in [5.41, 5.74) is 1.30. The third-order valence-corrected chi connectivity index (χ3v) is 3.20. The summed E-state index contributed by atoms with van der Waals surface area (Å²) in [6.07, 6.45) is 1.14. The lowest BCUT2D eigenvalue weighted by Crippen LogP contribution is -2.34. The molecule has 0 spiro atoms. The number of carbonyl (C=O) groups is 1. The first-order valence-corrected chi connectivity index (χ1v) is 5.84. The highest BCUT2D eigenvalue weighted by atomic mass is 16.5. The minimum atomic E-state index is -0.110. The molecule has 2 atom stereocenters. The lowest BCUT2D eigenvalue weighted by molar-refractivity contribution is 0.242. The van der Waals surface area contributed by atoms with Crippen molar-refractivity contribution >= 4 is 6.03 Å². The number of methoxy groups -OCH3 is 1. The highest BCUT2D eigenvalue weighted by Crippen LogP contribution is 2.47. The van der Waals surface area contributed by atoms with Gasteiger partial charge >= 0.3 is 6.03 Å². The molecule has 1 aliphatic rings. The zero-order valence-corrected chi connectivity index (χ0v) is 10.2. The maximum Gasteiger partial charge on any atom is 0.314 e. The van der Waals surface area contributed by atoms with E-state index < -0.39 is 0 Å². The molecule has 1 aromatic carbocycles. The van der Waals surface area contributed by atoms with Gasteiger partial charge in [-0.25, -0.2) is 4.79 Å². The van der Waals surface area contributed by atoms with Crippen molar-refractivity contribution in [1.29, 1.82) is 0 Å². The Balaban J connectivity index is 1.87. The number of ether oxygens (including phenoxy) is 1. The molecule has 4 nitrogen and oxygen atoms in total. The van der Waals surface area contributed by atoms with Crippen molar-refractivity contribution in [2.24, 2.45) is 5.92 Å². The summed E-state index contributed by atoms with van der Waals surface area (Å²) < 4.78 is 5.20. The van der Waals surface area contributed by atoms with E-state index in [9.17, 15) is 4.79 Å². The summed E-state index contributed by atoms with van der Waals surface area (Å²) in [6, 6.07) is 8.04. The molecule has 0 aliphatic heterocycles. The minimum Gasteiger partial charge on any atom is -0.497 e. The molecule has 0 bridgehead atoms. The van der Waals surface area contributed by atoms with Gasteiger partial charge in [0.1, 0.15) is 5.75 Å². The summed E-state index contributed by atoms with van der Waals surface area (Å²) in [6.45, 7) is 0.738. The Morgan fingerprint density at radius 3 is 3.06 bits per heavy atom. The second-order valence-electron chi connectivity index (χ2n) is 4.34. The molecule has 0 unspecified atom stereocenters. The maximum absolute atomic E-state index is 11.0. The van der Waals surface area contributed by atoms with Gasteiger partial charge < -0.3 is 15.4 Å². The molecular weight excluding hydrogens is 216 g/mol. The van der Waals surface area contributed by atoms with Gasteiger partial charge in [0.15, 0.2) is 0 Å². The van der Waals surface area contributed by atoms with Crippen molar-refractivity contribution in [3.63, 3.8) is 0 Å². The van der Waals surface area contributed by atoms with E-state index in [1.807, 2.05) is 12.1 Å². The maximum atomic E-state index is 11.0. The van der Waals surface area contributed by atoms with E-state index in [0.717, 1.165) is 18.7 Å². The Labute approximate surface area is 101 Å². The van der Waals surface area contributed by atoms with Crippen LogP contribution in [0.3, 0.4) is 0 Å². The number of hydrogen-bond acceptors (Lipinski definition) is 2.